The molecular weight excluding hydrogens is 334 g/mol. The van der Waals surface area contributed by atoms with Gasteiger partial charge in [0.15, 0.2) is 0 Å². The molecule has 0 spiro atoms. The Morgan fingerprint density at radius 2 is 2.04 bits per heavy atom. The van der Waals surface area contributed by atoms with E-state index in [0.717, 1.165) is 6.42 Å². The Balaban J connectivity index is 1.76. The first-order chi connectivity index (χ1) is 12.4. The molecule has 0 aliphatic heterocycles. The summed E-state index contributed by atoms with van der Waals surface area (Å²) in [4.78, 5) is 37.7. The van der Waals surface area contributed by atoms with Gasteiger partial charge in [-0.1, -0.05) is 13.0 Å². The van der Waals surface area contributed by atoms with Crippen molar-refractivity contribution >= 4 is 23.4 Å². The molecule has 0 saturated heterocycles. The number of nitrogens with zero attached hydrogens (tertiary/aromatic N) is 1. The summed E-state index contributed by atoms with van der Waals surface area (Å²) in [6.45, 7) is 4.56. The van der Waals surface area contributed by atoms with Crippen molar-refractivity contribution in [3.63, 3.8) is 0 Å². The second-order valence-electron chi connectivity index (χ2n) is 6.55. The van der Waals surface area contributed by atoms with E-state index in [9.17, 15) is 14.4 Å². The summed E-state index contributed by atoms with van der Waals surface area (Å²) in [5.41, 5.74) is 0.615. The van der Waals surface area contributed by atoms with Crippen LogP contribution in [-0.2, 0) is 14.4 Å². The van der Waals surface area contributed by atoms with E-state index < -0.39 is 0 Å². The molecule has 0 bridgehead atoms. The normalized spacial score (nSPS) is 18.0. The van der Waals surface area contributed by atoms with Gasteiger partial charge in [-0.05, 0) is 31.4 Å². The van der Waals surface area contributed by atoms with Crippen LogP contribution in [0, 0.1) is 11.8 Å². The van der Waals surface area contributed by atoms with E-state index in [1.165, 1.54) is 4.90 Å². The van der Waals surface area contributed by atoms with E-state index in [2.05, 4.69) is 10.6 Å². The smallest absolute Gasteiger partial charge is 0.243 e. The van der Waals surface area contributed by atoms with Gasteiger partial charge in [-0.15, -0.1) is 0 Å². The predicted octanol–water partition coefficient (Wildman–Crippen LogP) is 1.64. The van der Waals surface area contributed by atoms with Crippen molar-refractivity contribution in [1.82, 2.24) is 10.2 Å². The summed E-state index contributed by atoms with van der Waals surface area (Å²) in [5, 5.41) is 5.55. The highest BCUT2D eigenvalue weighted by Gasteiger charge is 2.38. The van der Waals surface area contributed by atoms with Gasteiger partial charge in [0.05, 0.1) is 13.7 Å². The third-order valence-corrected chi connectivity index (χ3v) is 4.51. The lowest BCUT2D eigenvalue weighted by molar-refractivity contribution is -0.134. The number of amides is 3. The van der Waals surface area contributed by atoms with E-state index in [-0.39, 0.29) is 36.6 Å². The molecule has 0 heterocycles. The van der Waals surface area contributed by atoms with Crippen molar-refractivity contribution in [2.24, 2.45) is 11.8 Å². The molecule has 142 valence electrons. The molecule has 0 aromatic heterocycles. The van der Waals surface area contributed by atoms with E-state index in [4.69, 9.17) is 4.74 Å². The maximum Gasteiger partial charge on any atom is 0.243 e. The zero-order chi connectivity index (χ0) is 19.1. The summed E-state index contributed by atoms with van der Waals surface area (Å²) >= 11 is 0. The van der Waals surface area contributed by atoms with Gasteiger partial charge in [0.2, 0.25) is 17.7 Å². The molecule has 1 saturated carbocycles. The lowest BCUT2D eigenvalue weighted by Crippen LogP contribution is -2.39. The first kappa shape index (κ1) is 19.8. The summed E-state index contributed by atoms with van der Waals surface area (Å²) in [7, 11) is 1.56. The van der Waals surface area contributed by atoms with Gasteiger partial charge in [-0.3, -0.25) is 14.4 Å². The Morgan fingerprint density at radius 3 is 2.65 bits per heavy atom. The highest BCUT2D eigenvalue weighted by atomic mass is 16.5. The second kappa shape index (κ2) is 9.22. The molecule has 2 N–H and O–H groups in total. The van der Waals surface area contributed by atoms with Gasteiger partial charge >= 0.3 is 0 Å². The van der Waals surface area contributed by atoms with Gasteiger partial charge in [-0.2, -0.15) is 0 Å². The monoisotopic (exact) mass is 361 g/mol. The van der Waals surface area contributed by atoms with Crippen LogP contribution in [0.5, 0.6) is 5.75 Å². The SMILES string of the molecule is CCN(CC(=O)Nc1cccc(OC)c1)C(=O)CCNC(=O)C1CC1C. The van der Waals surface area contributed by atoms with Gasteiger partial charge in [0.1, 0.15) is 5.75 Å². The van der Waals surface area contributed by atoms with E-state index >= 15 is 0 Å². The van der Waals surface area contributed by atoms with Gasteiger partial charge in [0.25, 0.3) is 0 Å². The number of nitrogens with one attached hydrogen (secondary N) is 2. The summed E-state index contributed by atoms with van der Waals surface area (Å²) in [5.74, 6) is 0.775. The number of benzene rings is 1. The molecule has 26 heavy (non-hydrogen) atoms. The molecule has 1 aliphatic rings. The van der Waals surface area contributed by atoms with Gasteiger partial charge < -0.3 is 20.3 Å². The molecule has 2 atom stereocenters. The fourth-order valence-electron chi connectivity index (χ4n) is 2.72. The van der Waals surface area contributed by atoms with Crippen molar-refractivity contribution in [1.29, 1.82) is 0 Å². The maximum atomic E-state index is 12.3. The quantitative estimate of drug-likeness (QED) is 0.700. The zero-order valence-electron chi connectivity index (χ0n) is 15.6. The number of anilines is 1. The molecule has 7 heteroatoms. The lowest BCUT2D eigenvalue weighted by atomic mass is 10.3. The summed E-state index contributed by atoms with van der Waals surface area (Å²) in [6, 6.07) is 7.03. The van der Waals surface area contributed by atoms with E-state index in [1.807, 2.05) is 13.8 Å². The van der Waals surface area contributed by atoms with Crippen LogP contribution < -0.4 is 15.4 Å². The predicted molar refractivity (Wildman–Crippen MR) is 98.8 cm³/mol. The zero-order valence-corrected chi connectivity index (χ0v) is 15.6. The Kier molecular flexibility index (Phi) is 7.00. The molecule has 1 aromatic carbocycles. The number of methoxy groups -OCH3 is 1. The first-order valence-electron chi connectivity index (χ1n) is 8.94. The topological polar surface area (TPSA) is 87.7 Å². The van der Waals surface area contributed by atoms with Gasteiger partial charge in [-0.25, -0.2) is 0 Å². The van der Waals surface area contributed by atoms with Crippen molar-refractivity contribution < 1.29 is 19.1 Å². The van der Waals surface area contributed by atoms with Crippen molar-refractivity contribution in [3.05, 3.63) is 24.3 Å². The average Bonchev–Trinajstić information content (AvgIpc) is 3.36. The van der Waals surface area contributed by atoms with E-state index in [0.29, 0.717) is 30.4 Å². The summed E-state index contributed by atoms with van der Waals surface area (Å²) < 4.78 is 5.12. The number of carbonyl (C=O) groups excluding carboxylic acids is 3. The molecular formula is C19H27N3O4. The van der Waals surface area contributed by atoms with Crippen molar-refractivity contribution in [2.45, 2.75) is 26.7 Å². The molecule has 2 unspecified atom stereocenters. The van der Waals surface area contributed by atoms with Crippen LogP contribution in [0.1, 0.15) is 26.7 Å². The van der Waals surface area contributed by atoms with Crippen LogP contribution >= 0.6 is 0 Å². The minimum absolute atomic E-state index is 0.0177. The standard InChI is InChI=1S/C19H27N3O4/c1-4-22(18(24)8-9-20-19(25)16-10-13(16)2)12-17(23)21-14-6-5-7-15(11-14)26-3/h5-7,11,13,16H,4,8-10,12H2,1-3H3,(H,20,25)(H,21,23). The van der Waals surface area contributed by atoms with Crippen molar-refractivity contribution in [2.75, 3.05) is 32.1 Å². The fourth-order valence-corrected chi connectivity index (χ4v) is 2.72. The molecule has 1 aliphatic carbocycles. The van der Waals surface area contributed by atoms with Crippen LogP contribution in [0.15, 0.2) is 24.3 Å². The summed E-state index contributed by atoms with van der Waals surface area (Å²) in [6.07, 6.45) is 1.11. The third-order valence-electron chi connectivity index (χ3n) is 4.51. The van der Waals surface area contributed by atoms with Crippen LogP contribution in [0.3, 0.4) is 0 Å². The molecule has 1 aromatic rings. The molecule has 3 amide bonds. The average molecular weight is 361 g/mol. The lowest BCUT2D eigenvalue weighted by Gasteiger charge is -2.20. The number of hydrogen-bond donors (Lipinski definition) is 2. The number of rotatable bonds is 9. The highest BCUT2D eigenvalue weighted by molar-refractivity contribution is 5.94. The third kappa shape index (κ3) is 5.75. The Morgan fingerprint density at radius 1 is 1.31 bits per heavy atom. The number of hydrogen-bond acceptors (Lipinski definition) is 4. The highest BCUT2D eigenvalue weighted by Crippen LogP contribution is 2.37. The minimum atomic E-state index is -0.274. The molecule has 0 radical (unpaired) electrons. The minimum Gasteiger partial charge on any atom is -0.497 e. The van der Waals surface area contributed by atoms with Gasteiger partial charge in [0, 0.05) is 37.2 Å². The molecule has 7 nitrogen and oxygen atoms in total. The first-order valence-corrected chi connectivity index (χ1v) is 8.94. The van der Waals surface area contributed by atoms with Crippen LogP contribution in [0.25, 0.3) is 0 Å². The van der Waals surface area contributed by atoms with Crippen LogP contribution in [-0.4, -0.2) is 49.4 Å². The second-order valence-corrected chi connectivity index (χ2v) is 6.55. The largest absolute Gasteiger partial charge is 0.497 e. The van der Waals surface area contributed by atoms with E-state index in [1.54, 1.807) is 31.4 Å². The molecule has 2 rings (SSSR count). The molecule has 1 fully saturated rings. The maximum absolute atomic E-state index is 12.3. The van der Waals surface area contributed by atoms with Crippen LogP contribution in [0.2, 0.25) is 0 Å². The number of ether oxygens (including phenoxy) is 1. The number of likely N-dealkylation sites (N-methyl/N-ethyl adjacent to an activating group) is 1. The van der Waals surface area contributed by atoms with Crippen molar-refractivity contribution in [3.8, 4) is 5.75 Å². The fraction of sp³-hybridized carbons (Fsp3) is 0.526. The number of carbonyl (C=O) groups is 3. The Hall–Kier alpha value is -2.57. The Bertz CT molecular complexity index is 662. The Labute approximate surface area is 154 Å². The van der Waals surface area contributed by atoms with Crippen LogP contribution in [0.4, 0.5) is 5.69 Å².